The average molecular weight is 488 g/mol. The minimum absolute atomic E-state index is 0.302. The predicted octanol–water partition coefficient (Wildman–Crippen LogP) is 5.84. The molecular formula is C23H20BrClN2O3. The first-order valence-electron chi connectivity index (χ1n) is 9.29. The van der Waals surface area contributed by atoms with Gasteiger partial charge < -0.3 is 9.47 Å². The van der Waals surface area contributed by atoms with Crippen molar-refractivity contribution in [1.29, 1.82) is 0 Å². The third-order valence-corrected chi connectivity index (χ3v) is 5.17. The van der Waals surface area contributed by atoms with Crippen LogP contribution in [0.25, 0.3) is 0 Å². The lowest BCUT2D eigenvalue weighted by Gasteiger charge is -2.13. The molecule has 0 atom stereocenters. The molecule has 0 spiro atoms. The van der Waals surface area contributed by atoms with E-state index in [1.54, 1.807) is 36.5 Å². The Morgan fingerprint density at radius 1 is 1.07 bits per heavy atom. The number of nitrogens with zero attached hydrogens (tertiary/aromatic N) is 1. The molecule has 0 bridgehead atoms. The SMILES string of the molecule is CCOc1cc(/C=N\NC(=O)c2ccccc2Br)ccc1OCc1ccccc1Cl. The van der Waals surface area contributed by atoms with E-state index in [2.05, 4.69) is 26.5 Å². The first-order chi connectivity index (χ1) is 14.6. The van der Waals surface area contributed by atoms with E-state index in [-0.39, 0.29) is 5.91 Å². The average Bonchev–Trinajstić information content (AvgIpc) is 2.74. The maximum absolute atomic E-state index is 12.2. The smallest absolute Gasteiger partial charge is 0.272 e. The number of carbonyl (C=O) groups excluding carboxylic acids is 1. The molecule has 0 radical (unpaired) electrons. The highest BCUT2D eigenvalue weighted by atomic mass is 79.9. The largest absolute Gasteiger partial charge is 0.490 e. The van der Waals surface area contributed by atoms with E-state index in [1.807, 2.05) is 43.3 Å². The van der Waals surface area contributed by atoms with Crippen molar-refractivity contribution in [1.82, 2.24) is 5.43 Å². The van der Waals surface area contributed by atoms with Gasteiger partial charge in [-0.05, 0) is 64.8 Å². The Kier molecular flexibility index (Phi) is 7.88. The Hall–Kier alpha value is -2.83. The van der Waals surface area contributed by atoms with Gasteiger partial charge in [0.25, 0.3) is 5.91 Å². The van der Waals surface area contributed by atoms with Gasteiger partial charge in [0, 0.05) is 15.1 Å². The summed E-state index contributed by atoms with van der Waals surface area (Å²) in [6.07, 6.45) is 1.55. The molecule has 3 aromatic rings. The molecule has 0 saturated carbocycles. The second kappa shape index (κ2) is 10.8. The van der Waals surface area contributed by atoms with Gasteiger partial charge in [-0.25, -0.2) is 5.43 Å². The molecule has 1 amide bonds. The van der Waals surface area contributed by atoms with E-state index in [0.717, 1.165) is 11.1 Å². The van der Waals surface area contributed by atoms with Crippen molar-refractivity contribution in [3.63, 3.8) is 0 Å². The molecule has 3 aromatic carbocycles. The number of nitrogens with one attached hydrogen (secondary N) is 1. The minimum Gasteiger partial charge on any atom is -0.490 e. The van der Waals surface area contributed by atoms with E-state index in [4.69, 9.17) is 21.1 Å². The van der Waals surface area contributed by atoms with E-state index in [0.29, 0.717) is 39.8 Å². The monoisotopic (exact) mass is 486 g/mol. The molecule has 0 heterocycles. The Bertz CT molecular complexity index is 1060. The van der Waals surface area contributed by atoms with Crippen LogP contribution in [0, 0.1) is 0 Å². The fourth-order valence-electron chi connectivity index (χ4n) is 2.63. The van der Waals surface area contributed by atoms with Crippen LogP contribution in [0.5, 0.6) is 11.5 Å². The van der Waals surface area contributed by atoms with Crippen LogP contribution in [0.1, 0.15) is 28.4 Å². The molecule has 5 nitrogen and oxygen atoms in total. The zero-order valence-electron chi connectivity index (χ0n) is 16.3. The lowest BCUT2D eigenvalue weighted by Crippen LogP contribution is -2.18. The van der Waals surface area contributed by atoms with Crippen LogP contribution in [-0.2, 0) is 6.61 Å². The van der Waals surface area contributed by atoms with E-state index < -0.39 is 0 Å². The fourth-order valence-corrected chi connectivity index (χ4v) is 3.29. The Morgan fingerprint density at radius 2 is 1.83 bits per heavy atom. The van der Waals surface area contributed by atoms with Crippen LogP contribution >= 0.6 is 27.5 Å². The van der Waals surface area contributed by atoms with Gasteiger partial charge in [-0.3, -0.25) is 4.79 Å². The third-order valence-electron chi connectivity index (χ3n) is 4.11. The van der Waals surface area contributed by atoms with Crippen LogP contribution in [0.2, 0.25) is 5.02 Å². The van der Waals surface area contributed by atoms with Crippen molar-refractivity contribution in [2.45, 2.75) is 13.5 Å². The highest BCUT2D eigenvalue weighted by molar-refractivity contribution is 9.10. The number of hydrazone groups is 1. The van der Waals surface area contributed by atoms with Crippen molar-refractivity contribution in [2.24, 2.45) is 5.10 Å². The predicted molar refractivity (Wildman–Crippen MR) is 123 cm³/mol. The van der Waals surface area contributed by atoms with Crippen molar-refractivity contribution < 1.29 is 14.3 Å². The maximum atomic E-state index is 12.2. The lowest BCUT2D eigenvalue weighted by atomic mass is 10.2. The number of rotatable bonds is 8. The fraction of sp³-hybridized carbons (Fsp3) is 0.130. The van der Waals surface area contributed by atoms with Crippen LogP contribution in [0.15, 0.2) is 76.3 Å². The van der Waals surface area contributed by atoms with Crippen molar-refractivity contribution >= 4 is 39.7 Å². The number of carbonyl (C=O) groups is 1. The van der Waals surface area contributed by atoms with Crippen LogP contribution in [0.3, 0.4) is 0 Å². The summed E-state index contributed by atoms with van der Waals surface area (Å²) in [6.45, 7) is 2.72. The van der Waals surface area contributed by atoms with Crippen molar-refractivity contribution in [3.05, 3.63) is 92.9 Å². The van der Waals surface area contributed by atoms with Gasteiger partial charge in [0.2, 0.25) is 0 Å². The first-order valence-corrected chi connectivity index (χ1v) is 10.5. The maximum Gasteiger partial charge on any atom is 0.272 e. The topological polar surface area (TPSA) is 59.9 Å². The highest BCUT2D eigenvalue weighted by Gasteiger charge is 2.09. The summed E-state index contributed by atoms with van der Waals surface area (Å²) in [5, 5.41) is 4.69. The molecule has 154 valence electrons. The Labute approximate surface area is 188 Å². The molecule has 30 heavy (non-hydrogen) atoms. The molecule has 0 fully saturated rings. The molecule has 7 heteroatoms. The van der Waals surface area contributed by atoms with Gasteiger partial charge in [0.15, 0.2) is 11.5 Å². The standard InChI is InChI=1S/C23H20BrClN2O3/c1-2-29-22-13-16(14-26-27-23(28)18-8-4-5-9-19(18)24)11-12-21(22)30-15-17-7-3-6-10-20(17)25/h3-14H,2,15H2,1H3,(H,27,28)/b26-14-. The van der Waals surface area contributed by atoms with Crippen molar-refractivity contribution in [2.75, 3.05) is 6.61 Å². The summed E-state index contributed by atoms with van der Waals surface area (Å²) in [5.41, 5.74) is 4.68. The second-order valence-electron chi connectivity index (χ2n) is 6.20. The van der Waals surface area contributed by atoms with Crippen LogP contribution in [0.4, 0.5) is 0 Å². The number of amides is 1. The molecule has 0 aromatic heterocycles. The van der Waals surface area contributed by atoms with Gasteiger partial charge in [-0.1, -0.05) is 41.9 Å². The van der Waals surface area contributed by atoms with Crippen LogP contribution in [-0.4, -0.2) is 18.7 Å². The molecule has 0 aliphatic carbocycles. The summed E-state index contributed by atoms with van der Waals surface area (Å²) >= 11 is 9.54. The van der Waals surface area contributed by atoms with Crippen molar-refractivity contribution in [3.8, 4) is 11.5 Å². The lowest BCUT2D eigenvalue weighted by molar-refractivity contribution is 0.0954. The highest BCUT2D eigenvalue weighted by Crippen LogP contribution is 2.29. The molecule has 0 saturated heterocycles. The number of benzene rings is 3. The number of halogens is 2. The minimum atomic E-state index is -0.302. The van der Waals surface area contributed by atoms with Gasteiger partial charge in [-0.15, -0.1) is 0 Å². The molecule has 0 aliphatic rings. The van der Waals surface area contributed by atoms with E-state index >= 15 is 0 Å². The number of ether oxygens (including phenoxy) is 2. The van der Waals surface area contributed by atoms with Gasteiger partial charge in [-0.2, -0.15) is 5.10 Å². The van der Waals surface area contributed by atoms with Gasteiger partial charge in [0.05, 0.1) is 18.4 Å². The zero-order chi connectivity index (χ0) is 21.3. The molecular weight excluding hydrogens is 468 g/mol. The van der Waals surface area contributed by atoms with E-state index in [9.17, 15) is 4.79 Å². The Morgan fingerprint density at radius 3 is 2.60 bits per heavy atom. The molecule has 0 unspecified atom stereocenters. The van der Waals surface area contributed by atoms with Gasteiger partial charge in [0.1, 0.15) is 6.61 Å². The molecule has 1 N–H and O–H groups in total. The Balaban J connectivity index is 1.68. The summed E-state index contributed by atoms with van der Waals surface area (Å²) in [6, 6.07) is 20.1. The molecule has 3 rings (SSSR count). The summed E-state index contributed by atoms with van der Waals surface area (Å²) in [5.74, 6) is 0.889. The molecule has 0 aliphatic heterocycles. The summed E-state index contributed by atoms with van der Waals surface area (Å²) in [4.78, 5) is 12.2. The van der Waals surface area contributed by atoms with Gasteiger partial charge >= 0.3 is 0 Å². The first kappa shape index (κ1) is 21.9. The number of hydrogen-bond donors (Lipinski definition) is 1. The summed E-state index contributed by atoms with van der Waals surface area (Å²) < 4.78 is 12.3. The second-order valence-corrected chi connectivity index (χ2v) is 7.46. The zero-order valence-corrected chi connectivity index (χ0v) is 18.6. The third kappa shape index (κ3) is 5.84. The quantitative estimate of drug-likeness (QED) is 0.320. The van der Waals surface area contributed by atoms with E-state index in [1.165, 1.54) is 0 Å². The van der Waals surface area contributed by atoms with Crippen LogP contribution < -0.4 is 14.9 Å². The normalized spacial score (nSPS) is 10.8. The number of hydrogen-bond acceptors (Lipinski definition) is 4. The summed E-state index contributed by atoms with van der Waals surface area (Å²) in [7, 11) is 0.